The monoisotopic (exact) mass is 290 g/mol. The van der Waals surface area contributed by atoms with Gasteiger partial charge in [-0.25, -0.2) is 13.8 Å². The van der Waals surface area contributed by atoms with Gasteiger partial charge in [0.05, 0.1) is 23.9 Å². The number of para-hydroxylation sites is 1. The molecule has 4 nitrogen and oxygen atoms in total. The maximum Gasteiger partial charge on any atom is 0.264 e. The molecule has 0 atom stereocenters. The van der Waals surface area contributed by atoms with Crippen LogP contribution in [0.2, 0.25) is 0 Å². The molecule has 0 unspecified atom stereocenters. The van der Waals surface area contributed by atoms with E-state index in [2.05, 4.69) is 10.1 Å². The number of halogens is 2. The minimum Gasteiger partial charge on any atom is -0.496 e. The lowest BCUT2D eigenvalue weighted by Gasteiger charge is -2.09. The topological polar surface area (TPSA) is 48.2 Å². The average molecular weight is 290 g/mol. The Kier molecular flexibility index (Phi) is 3.29. The van der Waals surface area contributed by atoms with Gasteiger partial charge < -0.3 is 9.26 Å². The standard InChI is InChI=1S/C15H12F2N2O2/c1-8-13-10(14(16)17)7-11(18-15(13)21-19-8)9-5-3-4-6-12(9)20-2/h3-7,14H,1-2H3. The molecule has 0 saturated carbocycles. The third-order valence-corrected chi connectivity index (χ3v) is 3.27. The zero-order valence-electron chi connectivity index (χ0n) is 11.4. The van der Waals surface area contributed by atoms with Crippen molar-refractivity contribution in [1.82, 2.24) is 10.1 Å². The number of methoxy groups -OCH3 is 1. The van der Waals surface area contributed by atoms with Crippen LogP contribution in [0.1, 0.15) is 17.7 Å². The average Bonchev–Trinajstić information content (AvgIpc) is 2.87. The van der Waals surface area contributed by atoms with E-state index < -0.39 is 6.43 Å². The number of hydrogen-bond acceptors (Lipinski definition) is 4. The fourth-order valence-corrected chi connectivity index (χ4v) is 2.29. The number of nitrogens with zero attached hydrogens (tertiary/aromatic N) is 2. The second-order valence-corrected chi connectivity index (χ2v) is 4.55. The van der Waals surface area contributed by atoms with Crippen molar-refractivity contribution >= 4 is 11.1 Å². The molecule has 108 valence electrons. The predicted molar refractivity (Wildman–Crippen MR) is 73.5 cm³/mol. The molecule has 1 aromatic carbocycles. The quantitative estimate of drug-likeness (QED) is 0.727. The molecule has 21 heavy (non-hydrogen) atoms. The van der Waals surface area contributed by atoms with Crippen molar-refractivity contribution in [3.8, 4) is 17.0 Å². The maximum absolute atomic E-state index is 13.3. The molecule has 0 fully saturated rings. The highest BCUT2D eigenvalue weighted by Crippen LogP contribution is 2.35. The van der Waals surface area contributed by atoms with E-state index in [9.17, 15) is 8.78 Å². The van der Waals surface area contributed by atoms with Crippen LogP contribution >= 0.6 is 0 Å². The molecule has 0 aliphatic heterocycles. The number of ether oxygens (including phenoxy) is 1. The number of alkyl halides is 2. The van der Waals surface area contributed by atoms with E-state index in [1.54, 1.807) is 31.2 Å². The number of rotatable bonds is 3. The molecule has 3 aromatic rings. The smallest absolute Gasteiger partial charge is 0.264 e. The van der Waals surface area contributed by atoms with E-state index >= 15 is 0 Å². The summed E-state index contributed by atoms with van der Waals surface area (Å²) >= 11 is 0. The summed E-state index contributed by atoms with van der Waals surface area (Å²) in [5.41, 5.74) is 1.36. The molecular formula is C15H12F2N2O2. The molecule has 0 N–H and O–H groups in total. The van der Waals surface area contributed by atoms with Gasteiger partial charge in [0.2, 0.25) is 0 Å². The largest absolute Gasteiger partial charge is 0.496 e. The Morgan fingerprint density at radius 3 is 2.71 bits per heavy atom. The first kappa shape index (κ1) is 13.5. The fraction of sp³-hybridized carbons (Fsp3) is 0.200. The van der Waals surface area contributed by atoms with Crippen LogP contribution in [0.5, 0.6) is 5.75 Å². The molecule has 2 aromatic heterocycles. The molecule has 0 radical (unpaired) electrons. The first-order valence-corrected chi connectivity index (χ1v) is 6.30. The van der Waals surface area contributed by atoms with Gasteiger partial charge in [0.25, 0.3) is 12.1 Å². The van der Waals surface area contributed by atoms with Crippen molar-refractivity contribution in [3.63, 3.8) is 0 Å². The van der Waals surface area contributed by atoms with Gasteiger partial charge in [-0.05, 0) is 25.1 Å². The molecule has 3 rings (SSSR count). The Morgan fingerprint density at radius 1 is 1.24 bits per heavy atom. The highest BCUT2D eigenvalue weighted by Gasteiger charge is 2.21. The minimum absolute atomic E-state index is 0.103. The number of pyridine rings is 1. The summed E-state index contributed by atoms with van der Waals surface area (Å²) in [5, 5.41) is 3.98. The third-order valence-electron chi connectivity index (χ3n) is 3.27. The number of fused-ring (bicyclic) bond motifs is 1. The Morgan fingerprint density at radius 2 is 2.00 bits per heavy atom. The van der Waals surface area contributed by atoms with Crippen molar-refractivity contribution in [1.29, 1.82) is 0 Å². The number of benzene rings is 1. The molecule has 6 heteroatoms. The van der Waals surface area contributed by atoms with Gasteiger partial charge in [0.15, 0.2) is 0 Å². The summed E-state index contributed by atoms with van der Waals surface area (Å²) in [5.74, 6) is 0.556. The number of hydrogen-bond donors (Lipinski definition) is 0. The minimum atomic E-state index is -2.64. The number of aryl methyl sites for hydroxylation is 1. The van der Waals surface area contributed by atoms with Gasteiger partial charge in [0, 0.05) is 11.1 Å². The van der Waals surface area contributed by atoms with E-state index in [1.165, 1.54) is 13.2 Å². The molecule has 2 heterocycles. The SMILES string of the molecule is COc1ccccc1-c1cc(C(F)F)c2c(C)noc2n1. The van der Waals surface area contributed by atoms with Gasteiger partial charge in [-0.3, -0.25) is 0 Å². The lowest BCUT2D eigenvalue weighted by atomic mass is 10.1. The van der Waals surface area contributed by atoms with E-state index in [4.69, 9.17) is 9.26 Å². The third kappa shape index (κ3) is 2.22. The van der Waals surface area contributed by atoms with E-state index in [0.717, 1.165) is 0 Å². The summed E-state index contributed by atoms with van der Waals surface area (Å²) in [4.78, 5) is 4.28. The Bertz CT molecular complexity index is 799. The number of aromatic nitrogens is 2. The zero-order chi connectivity index (χ0) is 15.0. The second-order valence-electron chi connectivity index (χ2n) is 4.55. The molecule has 0 spiro atoms. The lowest BCUT2D eigenvalue weighted by molar-refractivity contribution is 0.153. The summed E-state index contributed by atoms with van der Waals surface area (Å²) in [7, 11) is 1.52. The van der Waals surface area contributed by atoms with Gasteiger partial charge in [0.1, 0.15) is 5.75 Å². The normalized spacial score (nSPS) is 11.3. The summed E-state index contributed by atoms with van der Waals surface area (Å²) in [6.07, 6.45) is -2.64. The fourth-order valence-electron chi connectivity index (χ4n) is 2.29. The highest BCUT2D eigenvalue weighted by atomic mass is 19.3. The molecule has 0 aliphatic rings. The van der Waals surface area contributed by atoms with Gasteiger partial charge >= 0.3 is 0 Å². The molecule has 0 saturated heterocycles. The molecular weight excluding hydrogens is 278 g/mol. The highest BCUT2D eigenvalue weighted by molar-refractivity contribution is 5.84. The van der Waals surface area contributed by atoms with Crippen LogP contribution in [0.15, 0.2) is 34.9 Å². The first-order valence-electron chi connectivity index (χ1n) is 6.30. The summed E-state index contributed by atoms with van der Waals surface area (Å²) in [6, 6.07) is 8.44. The van der Waals surface area contributed by atoms with Crippen LogP contribution in [-0.4, -0.2) is 17.3 Å². The van der Waals surface area contributed by atoms with Crippen molar-refractivity contribution in [2.45, 2.75) is 13.3 Å². The summed E-state index contributed by atoms with van der Waals surface area (Å²) in [6.45, 7) is 1.61. The van der Waals surface area contributed by atoms with Crippen LogP contribution < -0.4 is 4.74 Å². The first-order chi connectivity index (χ1) is 10.1. The molecule has 0 aliphatic carbocycles. The van der Waals surface area contributed by atoms with E-state index in [1.807, 2.05) is 0 Å². The van der Waals surface area contributed by atoms with Crippen LogP contribution in [0.25, 0.3) is 22.4 Å². The van der Waals surface area contributed by atoms with Crippen molar-refractivity contribution in [2.24, 2.45) is 0 Å². The van der Waals surface area contributed by atoms with Crippen LogP contribution in [-0.2, 0) is 0 Å². The van der Waals surface area contributed by atoms with Crippen LogP contribution in [0.3, 0.4) is 0 Å². The molecule has 0 bridgehead atoms. The van der Waals surface area contributed by atoms with E-state index in [0.29, 0.717) is 22.7 Å². The van der Waals surface area contributed by atoms with Gasteiger partial charge in [-0.1, -0.05) is 17.3 Å². The lowest BCUT2D eigenvalue weighted by Crippen LogP contribution is -1.94. The second kappa shape index (κ2) is 5.12. The molecule has 0 amide bonds. The van der Waals surface area contributed by atoms with E-state index in [-0.39, 0.29) is 16.7 Å². The summed E-state index contributed by atoms with van der Waals surface area (Å²) < 4.78 is 36.9. The predicted octanol–water partition coefficient (Wildman–Crippen LogP) is 4.14. The Hall–Kier alpha value is -2.50. The van der Waals surface area contributed by atoms with Gasteiger partial charge in [-0.15, -0.1) is 0 Å². The van der Waals surface area contributed by atoms with Crippen LogP contribution in [0, 0.1) is 6.92 Å². The van der Waals surface area contributed by atoms with Crippen molar-refractivity contribution in [2.75, 3.05) is 7.11 Å². The van der Waals surface area contributed by atoms with Gasteiger partial charge in [-0.2, -0.15) is 0 Å². The van der Waals surface area contributed by atoms with Crippen molar-refractivity contribution < 1.29 is 18.0 Å². The van der Waals surface area contributed by atoms with Crippen LogP contribution in [0.4, 0.5) is 8.78 Å². The van der Waals surface area contributed by atoms with Crippen molar-refractivity contribution in [3.05, 3.63) is 41.6 Å². The Labute approximate surface area is 119 Å². The zero-order valence-corrected chi connectivity index (χ0v) is 11.4. The maximum atomic E-state index is 13.3. The Balaban J connectivity index is 2.29.